The summed E-state index contributed by atoms with van der Waals surface area (Å²) in [6.45, 7) is 5.66. The van der Waals surface area contributed by atoms with E-state index in [1.54, 1.807) is 0 Å². The molecule has 12 rings (SSSR count). The van der Waals surface area contributed by atoms with Gasteiger partial charge in [-0.25, -0.2) is 4.79 Å². The van der Waals surface area contributed by atoms with Gasteiger partial charge in [-0.05, 0) is 110 Å². The predicted octanol–water partition coefficient (Wildman–Crippen LogP) is 0.528. The van der Waals surface area contributed by atoms with Gasteiger partial charge >= 0.3 is 5.97 Å². The van der Waals surface area contributed by atoms with Crippen molar-refractivity contribution in [3.63, 3.8) is 0 Å². The topological polar surface area (TPSA) is 530 Å². The summed E-state index contributed by atoms with van der Waals surface area (Å²) in [5.74, 6) is -16.0. The number of ether oxygens (including phenoxy) is 6. The molecular weight excluding hydrogens is 1410 g/mol. The van der Waals surface area contributed by atoms with Crippen molar-refractivity contribution in [2.24, 2.45) is 17.4 Å². The van der Waals surface area contributed by atoms with E-state index in [0.717, 1.165) is 66.7 Å². The summed E-state index contributed by atoms with van der Waals surface area (Å²) in [6, 6.07) is -0.679. The van der Waals surface area contributed by atoms with Crippen molar-refractivity contribution in [1.82, 2.24) is 37.2 Å². The molecule has 5 aromatic carbocycles. The number of amides is 7. The number of aliphatic carboxylic acids is 1. The molecule has 7 amide bonds. The maximum absolute atomic E-state index is 16.0. The number of aliphatic hydroxyl groups is 6. The molecule has 0 aromatic heterocycles. The van der Waals surface area contributed by atoms with E-state index in [0.29, 0.717) is 0 Å². The first-order chi connectivity index (χ1) is 47.7. The summed E-state index contributed by atoms with van der Waals surface area (Å²) >= 11 is 14.1. The van der Waals surface area contributed by atoms with Crippen LogP contribution >= 0.6 is 35.6 Å². The van der Waals surface area contributed by atoms with E-state index in [1.165, 1.54) is 33.0 Å². The molecular formula is C66H76Cl3N9O24. The fourth-order valence-corrected chi connectivity index (χ4v) is 12.9. The fourth-order valence-electron chi connectivity index (χ4n) is 12.5. The number of hydrogen-bond acceptors (Lipinski definition) is 25. The third kappa shape index (κ3) is 16.3. The number of phenolic OH excluding ortho intramolecular Hbond substituents is 3. The average molecular weight is 1490 g/mol. The molecule has 18 atom stereocenters. The molecule has 0 saturated carbocycles. The molecule has 7 heterocycles. The second-order valence-electron chi connectivity index (χ2n) is 25.7. The second-order valence-corrected chi connectivity index (χ2v) is 26.5. The molecule has 102 heavy (non-hydrogen) atoms. The highest BCUT2D eigenvalue weighted by molar-refractivity contribution is 6.32. The number of carboxylic acid groups (broad SMARTS) is 1. The Morgan fingerprint density at radius 2 is 1.31 bits per heavy atom. The number of hydrogen-bond donors (Lipinski definition) is 19. The van der Waals surface area contributed by atoms with E-state index < -0.39 is 237 Å². The maximum atomic E-state index is 16.0. The third-order valence-electron chi connectivity index (χ3n) is 17.8. The number of phenols is 3. The fraction of sp³-hybridized carbons (Fsp3) is 0.424. The van der Waals surface area contributed by atoms with Gasteiger partial charge < -0.3 is 128 Å². The molecule has 36 heteroatoms. The number of primary amides is 1. The monoisotopic (exact) mass is 1480 g/mol. The minimum atomic E-state index is -2.35. The van der Waals surface area contributed by atoms with Crippen LogP contribution < -0.4 is 62.9 Å². The van der Waals surface area contributed by atoms with E-state index in [4.69, 9.17) is 63.1 Å². The molecule has 21 N–H and O–H groups in total. The van der Waals surface area contributed by atoms with Crippen molar-refractivity contribution in [3.05, 3.63) is 117 Å². The Labute approximate surface area is 596 Å². The van der Waals surface area contributed by atoms with E-state index in [9.17, 15) is 75.0 Å². The Kier molecular flexibility index (Phi) is 23.8. The standard InChI is InChI=1S/C66H75Cl2N9O24.ClH/c1-23(2)12-34(71-5)58(88)76-49-51(83)26-7-10-38(32(67)14-26)97-40-16-28-17-41(55(40)101-65-56(54(86)53(85)42(22-78)99-65)100-44-21-66(4,70)57(87)24(3)96-44)98-39-11-8-27(15-33(39)68)52(84)50-63(93)75-48(64(94)95)31-18-29(79)19-37(81)45(31)30-13-25(6-9-36(30)80)46(60(90)77-50)74-61(91)47(28)73-59(89)35(20-43(69)82)72-62(49)92;/h6-11,13-19,23-24,34-35,42,44,46-54,56-57,65,71,78-81,83-87H,12,20-22,70H2,1-5H3,(H2,69,82)(H,72,92)(H,73,89)(H,74,91)(H,75,93)(H,76,88)(H,77,90)(H,94,95);1H/t24-,34+,35-,42?,44-,46+,47+,48?,49+,50-,51+,52+,53+,54-,56+,57+,65-,66-;/m0./s1. The van der Waals surface area contributed by atoms with Crippen LogP contribution in [0.2, 0.25) is 10.0 Å². The number of nitrogens with one attached hydrogen (secondary N) is 7. The highest BCUT2D eigenvalue weighted by Crippen LogP contribution is 2.50. The van der Waals surface area contributed by atoms with E-state index >= 15 is 14.4 Å². The van der Waals surface area contributed by atoms with Gasteiger partial charge in [-0.1, -0.05) is 55.2 Å². The molecule has 550 valence electrons. The molecule has 2 unspecified atom stereocenters. The molecule has 2 fully saturated rings. The Morgan fingerprint density at radius 1 is 0.716 bits per heavy atom. The van der Waals surface area contributed by atoms with Gasteiger partial charge in [0.1, 0.15) is 89.5 Å². The number of carboxylic acids is 1. The molecule has 11 bridgehead atoms. The minimum Gasteiger partial charge on any atom is -0.508 e. The summed E-state index contributed by atoms with van der Waals surface area (Å²) in [4.78, 5) is 117. The summed E-state index contributed by atoms with van der Waals surface area (Å²) in [6.07, 6.45) is -18.6. The largest absolute Gasteiger partial charge is 0.508 e. The smallest absolute Gasteiger partial charge is 0.330 e. The molecule has 0 aliphatic carbocycles. The van der Waals surface area contributed by atoms with Crippen LogP contribution in [-0.4, -0.2) is 191 Å². The van der Waals surface area contributed by atoms with Crippen LogP contribution in [0.25, 0.3) is 11.1 Å². The third-order valence-corrected chi connectivity index (χ3v) is 18.4. The van der Waals surface area contributed by atoms with Crippen molar-refractivity contribution in [2.75, 3.05) is 13.7 Å². The van der Waals surface area contributed by atoms with Gasteiger partial charge in [-0.2, -0.15) is 0 Å². The Hall–Kier alpha value is -8.91. The lowest BCUT2D eigenvalue weighted by atomic mass is 9.86. The number of aliphatic hydroxyl groups excluding tert-OH is 6. The van der Waals surface area contributed by atoms with Crippen LogP contribution in [-0.2, 0) is 52.6 Å². The van der Waals surface area contributed by atoms with Gasteiger partial charge in [0.2, 0.25) is 53.4 Å². The minimum absolute atomic E-state index is 0. The number of aromatic hydroxyl groups is 3. The first kappa shape index (κ1) is 77.3. The maximum Gasteiger partial charge on any atom is 0.330 e. The number of benzene rings is 5. The molecule has 0 radical (unpaired) electrons. The first-order valence-corrected chi connectivity index (χ1v) is 32.4. The van der Waals surface area contributed by atoms with Crippen molar-refractivity contribution in [1.29, 1.82) is 0 Å². The lowest BCUT2D eigenvalue weighted by Crippen LogP contribution is -2.64. The number of nitrogens with two attached hydrogens (primary N) is 2. The van der Waals surface area contributed by atoms with Crippen molar-refractivity contribution < 1.29 is 118 Å². The van der Waals surface area contributed by atoms with Gasteiger partial charge in [0.05, 0.1) is 41.3 Å². The SMILES string of the molecule is CN[C@H](CC(C)C)C(=O)N[C@H]1C(=O)N[C@@H](CC(N)=O)C(=O)N[C@H]2C(=O)N[C@H]3C(=O)N[C@H](C(=O)NC(C(=O)O)c4cc(O)cc(O)c4-c4cc3ccc4O)[C@H](O)c3ccc(c(Cl)c3)Oc3cc2cc(c3O[C@@H]2OC(CO)[C@@H](O)[C@H](O)[C@H]2O[C@H]2C[C@](C)(N)[C@H](O)[C@H](C)O2)Oc2ccc(cc2Cl)[C@H]1O.Cl. The number of carbonyl (C=O) groups excluding carboxylic acids is 7. The van der Waals surface area contributed by atoms with Gasteiger partial charge in [0.25, 0.3) is 0 Å². The normalized spacial score (nSPS) is 29.1. The molecule has 7 aliphatic heterocycles. The van der Waals surface area contributed by atoms with Crippen LogP contribution in [0, 0.1) is 5.92 Å². The molecule has 2 saturated heterocycles. The van der Waals surface area contributed by atoms with Crippen LogP contribution in [0.3, 0.4) is 0 Å². The van der Waals surface area contributed by atoms with Crippen LogP contribution in [0.5, 0.6) is 46.0 Å². The Bertz CT molecular complexity index is 4080. The van der Waals surface area contributed by atoms with Gasteiger partial charge in [-0.15, -0.1) is 12.4 Å². The van der Waals surface area contributed by atoms with Gasteiger partial charge in [-0.3, -0.25) is 33.6 Å². The zero-order valence-electron chi connectivity index (χ0n) is 54.7. The summed E-state index contributed by atoms with van der Waals surface area (Å²) in [5.41, 5.74) is 8.00. The van der Waals surface area contributed by atoms with Crippen molar-refractivity contribution in [2.45, 2.75) is 156 Å². The van der Waals surface area contributed by atoms with E-state index in [1.807, 2.05) is 13.8 Å². The lowest BCUT2D eigenvalue weighted by Gasteiger charge is -2.47. The summed E-state index contributed by atoms with van der Waals surface area (Å²) < 4.78 is 38.3. The van der Waals surface area contributed by atoms with E-state index in [2.05, 4.69) is 37.2 Å². The Balaban J connectivity index is 0.0000121. The summed E-state index contributed by atoms with van der Waals surface area (Å²) in [7, 11) is 1.47. The zero-order chi connectivity index (χ0) is 73.5. The highest BCUT2D eigenvalue weighted by Gasteiger charge is 2.51. The number of fused-ring (bicyclic) bond motifs is 15. The van der Waals surface area contributed by atoms with Crippen LogP contribution in [0.1, 0.15) is 105 Å². The van der Waals surface area contributed by atoms with Crippen molar-refractivity contribution in [3.8, 4) is 57.1 Å². The van der Waals surface area contributed by atoms with Crippen LogP contribution in [0.4, 0.5) is 0 Å². The number of likely N-dealkylation sites (N-methyl/N-ethyl adjacent to an activating group) is 1. The average Bonchev–Trinajstić information content (AvgIpc) is 0.773. The summed E-state index contributed by atoms with van der Waals surface area (Å²) in [5, 5.41) is 131. The lowest BCUT2D eigenvalue weighted by molar-refractivity contribution is -0.333. The quantitative estimate of drug-likeness (QED) is 0.0764. The van der Waals surface area contributed by atoms with Crippen LogP contribution in [0.15, 0.2) is 78.9 Å². The van der Waals surface area contributed by atoms with Gasteiger partial charge in [0.15, 0.2) is 29.9 Å². The molecule has 5 aromatic rings. The van der Waals surface area contributed by atoms with E-state index in [-0.39, 0.29) is 58.6 Å². The zero-order valence-corrected chi connectivity index (χ0v) is 57.1. The molecule has 33 nitrogen and oxygen atoms in total. The molecule has 0 spiro atoms. The number of rotatable bonds is 13. The first-order valence-electron chi connectivity index (χ1n) is 31.6. The Morgan fingerprint density at radius 3 is 1.89 bits per heavy atom. The number of halogens is 3. The number of carbonyl (C=O) groups is 8. The van der Waals surface area contributed by atoms with Gasteiger partial charge in [0, 0.05) is 34.7 Å². The highest BCUT2D eigenvalue weighted by atomic mass is 35.5. The predicted molar refractivity (Wildman–Crippen MR) is 357 cm³/mol. The second kappa shape index (κ2) is 31.4. The van der Waals surface area contributed by atoms with Crippen molar-refractivity contribution >= 4 is 82.9 Å². The molecule has 7 aliphatic rings.